The summed E-state index contributed by atoms with van der Waals surface area (Å²) in [5, 5.41) is 10.2. The number of thiophene rings is 1. The first kappa shape index (κ1) is 23.4. The fourth-order valence-corrected chi connectivity index (χ4v) is 5.98. The number of para-hydroxylation sites is 1. The number of carbonyl (C=O) groups is 2. The number of anilines is 3. The third-order valence-corrected chi connectivity index (χ3v) is 8.10. The van der Waals surface area contributed by atoms with Crippen LogP contribution in [0.2, 0.25) is 0 Å². The summed E-state index contributed by atoms with van der Waals surface area (Å²) in [7, 11) is 0. The Hall–Kier alpha value is -3.95. The summed E-state index contributed by atoms with van der Waals surface area (Å²) < 4.78 is 6.09. The molecule has 9 heteroatoms. The molecule has 4 heterocycles. The first-order chi connectivity index (χ1) is 18.0. The summed E-state index contributed by atoms with van der Waals surface area (Å²) in [4.78, 5) is 34.1. The molecule has 3 amide bonds. The van der Waals surface area contributed by atoms with Crippen molar-refractivity contribution in [1.29, 1.82) is 0 Å². The lowest BCUT2D eigenvalue weighted by Gasteiger charge is -2.30. The molecule has 1 saturated heterocycles. The fraction of sp³-hybridized carbons (Fsp3) is 0.250. The molecule has 2 aliphatic heterocycles. The molecule has 0 radical (unpaired) electrons. The second-order valence-corrected chi connectivity index (χ2v) is 10.3. The number of rotatable bonds is 5. The zero-order chi connectivity index (χ0) is 25.5. The number of pyridine rings is 1. The van der Waals surface area contributed by atoms with Crippen LogP contribution in [0.5, 0.6) is 11.5 Å². The number of ether oxygens (including phenoxy) is 1. The lowest BCUT2D eigenvalue weighted by atomic mass is 10.0. The average molecular weight is 514 g/mol. The Morgan fingerprint density at radius 1 is 1.11 bits per heavy atom. The van der Waals surface area contributed by atoms with Crippen LogP contribution in [-0.2, 0) is 0 Å². The van der Waals surface area contributed by atoms with Gasteiger partial charge in [-0.15, -0.1) is 11.3 Å². The van der Waals surface area contributed by atoms with E-state index < -0.39 is 0 Å². The van der Waals surface area contributed by atoms with E-state index in [0.29, 0.717) is 21.1 Å². The van der Waals surface area contributed by atoms with Crippen molar-refractivity contribution in [2.24, 2.45) is 0 Å². The summed E-state index contributed by atoms with van der Waals surface area (Å²) in [6.45, 7) is 5.68. The molecular formula is C28H27N5O3S. The first-order valence-corrected chi connectivity index (χ1v) is 13.2. The van der Waals surface area contributed by atoms with Crippen LogP contribution >= 0.6 is 11.3 Å². The summed E-state index contributed by atoms with van der Waals surface area (Å²) in [6, 6.07) is 15.0. The Kier molecular flexibility index (Phi) is 6.02. The number of nitrogens with zero attached hydrogens (tertiary/aromatic N) is 2. The van der Waals surface area contributed by atoms with E-state index in [-0.39, 0.29) is 18.0 Å². The van der Waals surface area contributed by atoms with E-state index in [1.807, 2.05) is 62.4 Å². The van der Waals surface area contributed by atoms with Gasteiger partial charge in [-0.05, 0) is 74.7 Å². The number of aromatic nitrogens is 1. The van der Waals surface area contributed by atoms with E-state index in [0.717, 1.165) is 59.6 Å². The lowest BCUT2D eigenvalue weighted by Crippen LogP contribution is -2.45. The van der Waals surface area contributed by atoms with Crippen LogP contribution in [0.1, 0.15) is 33.6 Å². The number of benzene rings is 2. The van der Waals surface area contributed by atoms with Gasteiger partial charge >= 0.3 is 6.03 Å². The number of hydrogen-bond donors (Lipinski definition) is 3. The Labute approximate surface area is 218 Å². The quantitative estimate of drug-likeness (QED) is 0.310. The predicted octanol–water partition coefficient (Wildman–Crippen LogP) is 5.87. The SMILES string of the molecule is Cc1c(Oc2ccccc2)ccc(N2C(=O)Nc3c(C(=O)N[C@@H]4CCCNC4)sc4nccc2c34)c1C. The van der Waals surface area contributed by atoms with Gasteiger partial charge in [-0.25, -0.2) is 9.78 Å². The van der Waals surface area contributed by atoms with Crippen molar-refractivity contribution in [3.05, 3.63) is 70.7 Å². The molecular weight excluding hydrogens is 486 g/mol. The predicted molar refractivity (Wildman–Crippen MR) is 147 cm³/mol. The maximum atomic E-state index is 13.5. The van der Waals surface area contributed by atoms with E-state index >= 15 is 0 Å². The first-order valence-electron chi connectivity index (χ1n) is 12.4. The summed E-state index contributed by atoms with van der Waals surface area (Å²) in [5.74, 6) is 1.31. The fourth-order valence-electron chi connectivity index (χ4n) is 4.96. The Morgan fingerprint density at radius 3 is 2.73 bits per heavy atom. The van der Waals surface area contributed by atoms with Gasteiger partial charge in [-0.2, -0.15) is 0 Å². The molecule has 1 atom stereocenters. The lowest BCUT2D eigenvalue weighted by molar-refractivity contribution is 0.0935. The zero-order valence-corrected chi connectivity index (χ0v) is 21.4. The molecule has 8 nitrogen and oxygen atoms in total. The summed E-state index contributed by atoms with van der Waals surface area (Å²) in [6.07, 6.45) is 3.64. The smallest absolute Gasteiger partial charge is 0.331 e. The molecule has 2 aliphatic rings. The molecule has 6 rings (SSSR count). The van der Waals surface area contributed by atoms with Crippen molar-refractivity contribution >= 4 is 50.6 Å². The third kappa shape index (κ3) is 4.20. The highest BCUT2D eigenvalue weighted by Crippen LogP contribution is 2.47. The van der Waals surface area contributed by atoms with E-state index in [1.54, 1.807) is 11.1 Å². The van der Waals surface area contributed by atoms with Gasteiger partial charge in [0, 0.05) is 18.8 Å². The highest BCUT2D eigenvalue weighted by Gasteiger charge is 2.34. The van der Waals surface area contributed by atoms with Gasteiger partial charge in [-0.3, -0.25) is 9.69 Å². The minimum atomic E-state index is -0.314. The Morgan fingerprint density at radius 2 is 1.95 bits per heavy atom. The second kappa shape index (κ2) is 9.49. The maximum absolute atomic E-state index is 13.5. The zero-order valence-electron chi connectivity index (χ0n) is 20.6. The summed E-state index contributed by atoms with van der Waals surface area (Å²) in [5.41, 5.74) is 3.85. The van der Waals surface area contributed by atoms with Gasteiger partial charge in [0.05, 0.1) is 22.4 Å². The molecule has 3 N–H and O–H groups in total. The van der Waals surface area contributed by atoms with Crippen molar-refractivity contribution in [2.45, 2.75) is 32.7 Å². The number of piperidine rings is 1. The molecule has 0 saturated carbocycles. The van der Waals surface area contributed by atoms with Crippen molar-refractivity contribution in [1.82, 2.24) is 15.6 Å². The van der Waals surface area contributed by atoms with Crippen molar-refractivity contribution < 1.29 is 14.3 Å². The monoisotopic (exact) mass is 513 g/mol. The molecule has 2 aromatic heterocycles. The van der Waals surface area contributed by atoms with Crippen LogP contribution in [0.4, 0.5) is 21.9 Å². The molecule has 4 aromatic rings. The molecule has 0 spiro atoms. The van der Waals surface area contributed by atoms with Crippen molar-refractivity contribution in [3.8, 4) is 11.5 Å². The highest BCUT2D eigenvalue weighted by atomic mass is 32.1. The summed E-state index contributed by atoms with van der Waals surface area (Å²) >= 11 is 1.30. The average Bonchev–Trinajstić information content (AvgIpc) is 3.28. The highest BCUT2D eigenvalue weighted by molar-refractivity contribution is 7.21. The van der Waals surface area contributed by atoms with Crippen LogP contribution in [0.15, 0.2) is 54.7 Å². The number of hydrogen-bond acceptors (Lipinski definition) is 6. The molecule has 0 bridgehead atoms. The van der Waals surface area contributed by atoms with Crippen molar-refractivity contribution in [3.63, 3.8) is 0 Å². The van der Waals surface area contributed by atoms with Crippen LogP contribution in [0.25, 0.3) is 10.2 Å². The van der Waals surface area contributed by atoms with Crippen molar-refractivity contribution in [2.75, 3.05) is 23.3 Å². The number of nitrogens with one attached hydrogen (secondary N) is 3. The van der Waals surface area contributed by atoms with Gasteiger partial charge < -0.3 is 20.7 Å². The minimum absolute atomic E-state index is 0.0733. The van der Waals surface area contributed by atoms with Gasteiger partial charge in [0.2, 0.25) is 0 Å². The van der Waals surface area contributed by atoms with E-state index in [1.165, 1.54) is 11.3 Å². The number of amides is 3. The van der Waals surface area contributed by atoms with Crippen LogP contribution in [-0.4, -0.2) is 36.1 Å². The van der Waals surface area contributed by atoms with Crippen LogP contribution < -0.4 is 25.6 Å². The largest absolute Gasteiger partial charge is 0.457 e. The number of carbonyl (C=O) groups excluding carboxylic acids is 2. The molecule has 188 valence electrons. The maximum Gasteiger partial charge on any atom is 0.331 e. The Balaban J connectivity index is 1.37. The molecule has 2 aromatic carbocycles. The topological polar surface area (TPSA) is 95.6 Å². The molecule has 1 fully saturated rings. The van der Waals surface area contributed by atoms with Crippen LogP contribution in [0, 0.1) is 13.8 Å². The third-order valence-electron chi connectivity index (χ3n) is 7.01. The Bertz CT molecular complexity index is 1510. The van der Waals surface area contributed by atoms with E-state index in [2.05, 4.69) is 20.9 Å². The van der Waals surface area contributed by atoms with E-state index in [9.17, 15) is 9.59 Å². The molecule has 37 heavy (non-hydrogen) atoms. The van der Waals surface area contributed by atoms with Gasteiger partial charge in [0.15, 0.2) is 0 Å². The van der Waals surface area contributed by atoms with Crippen LogP contribution in [0.3, 0.4) is 0 Å². The molecule has 0 unspecified atom stereocenters. The van der Waals surface area contributed by atoms with Gasteiger partial charge in [-0.1, -0.05) is 18.2 Å². The standard InChI is InChI=1S/C28H27N5O3S/c1-16-17(2)22(36-19-8-4-3-5-9-19)11-10-20(16)33-21-12-14-30-27-23(21)24(32-28(33)35)25(37-27)26(34)31-18-7-6-13-29-15-18/h3-5,8-12,14,18,29H,6-7,13,15H2,1-2H3,(H,31,34)(H,32,35)/t18-/m1/s1. The second-order valence-electron chi connectivity index (χ2n) is 9.35. The minimum Gasteiger partial charge on any atom is -0.457 e. The number of urea groups is 1. The van der Waals surface area contributed by atoms with Gasteiger partial charge in [0.25, 0.3) is 5.91 Å². The van der Waals surface area contributed by atoms with E-state index in [4.69, 9.17) is 4.74 Å². The normalized spacial score (nSPS) is 17.0. The van der Waals surface area contributed by atoms with Gasteiger partial charge in [0.1, 0.15) is 21.2 Å². The molecule has 0 aliphatic carbocycles.